The first-order chi connectivity index (χ1) is 9.51. The molecule has 0 aliphatic rings. The lowest BCUT2D eigenvalue weighted by molar-refractivity contribution is 0.0940. The molecule has 0 radical (unpaired) electrons. The van der Waals surface area contributed by atoms with Crippen LogP contribution >= 0.6 is 22.9 Å². The Kier molecular flexibility index (Phi) is 4.62. The second-order valence-electron chi connectivity index (χ2n) is 4.45. The third-order valence-electron chi connectivity index (χ3n) is 2.90. The fourth-order valence-corrected chi connectivity index (χ4v) is 2.69. The molecule has 6 heteroatoms. The Bertz CT molecular complexity index is 627. The predicted octanol–water partition coefficient (Wildman–Crippen LogP) is 3.43. The summed E-state index contributed by atoms with van der Waals surface area (Å²) in [7, 11) is 0. The Balaban J connectivity index is 2.08. The summed E-state index contributed by atoms with van der Waals surface area (Å²) in [6, 6.07) is 4.71. The quantitative estimate of drug-likeness (QED) is 0.850. The average molecular weight is 310 g/mol. The minimum absolute atomic E-state index is 0.135. The molecule has 1 amide bonds. The summed E-state index contributed by atoms with van der Waals surface area (Å²) >= 11 is 7.45. The highest BCUT2D eigenvalue weighted by Gasteiger charge is 2.15. The number of nitrogens with one attached hydrogen (secondary N) is 1. The Hall–Kier alpha value is -1.59. The van der Waals surface area contributed by atoms with Crippen LogP contribution in [0.2, 0.25) is 5.02 Å². The maximum Gasteiger partial charge on any atom is 0.251 e. The standard InChI is InChI=1S/C14H16ClN3OS/c1-3-10-7-17-14(20-10)8(2)18-13(19)9-4-5-11(15)12(16)6-9/h4-8H,3,16H2,1-2H3,(H,18,19). The van der Waals surface area contributed by atoms with E-state index in [2.05, 4.69) is 17.2 Å². The van der Waals surface area contributed by atoms with Gasteiger partial charge in [-0.05, 0) is 31.5 Å². The fourth-order valence-electron chi connectivity index (χ4n) is 1.71. The highest BCUT2D eigenvalue weighted by atomic mass is 35.5. The molecular weight excluding hydrogens is 294 g/mol. The van der Waals surface area contributed by atoms with Gasteiger partial charge in [0.2, 0.25) is 0 Å². The summed E-state index contributed by atoms with van der Waals surface area (Å²) in [6.07, 6.45) is 2.80. The molecule has 0 spiro atoms. The zero-order valence-electron chi connectivity index (χ0n) is 11.3. The van der Waals surface area contributed by atoms with Gasteiger partial charge in [-0.3, -0.25) is 4.79 Å². The Labute approximate surface area is 127 Å². The Morgan fingerprint density at radius 2 is 2.30 bits per heavy atom. The summed E-state index contributed by atoms with van der Waals surface area (Å²) in [6.45, 7) is 3.99. The maximum absolute atomic E-state index is 12.1. The molecule has 0 bridgehead atoms. The lowest BCUT2D eigenvalue weighted by Gasteiger charge is -2.11. The van der Waals surface area contributed by atoms with Crippen molar-refractivity contribution in [2.24, 2.45) is 0 Å². The molecule has 3 N–H and O–H groups in total. The summed E-state index contributed by atoms with van der Waals surface area (Å²) in [4.78, 5) is 17.7. The van der Waals surface area contributed by atoms with Crippen molar-refractivity contribution in [3.05, 3.63) is 44.9 Å². The number of carbonyl (C=O) groups excluding carboxylic acids is 1. The van der Waals surface area contributed by atoms with Crippen LogP contribution in [0.4, 0.5) is 5.69 Å². The molecule has 0 fully saturated rings. The number of aryl methyl sites for hydroxylation is 1. The van der Waals surface area contributed by atoms with E-state index in [1.807, 2.05) is 13.1 Å². The van der Waals surface area contributed by atoms with Gasteiger partial charge in [0, 0.05) is 16.6 Å². The van der Waals surface area contributed by atoms with Crippen LogP contribution in [0.25, 0.3) is 0 Å². The van der Waals surface area contributed by atoms with E-state index in [0.717, 1.165) is 11.4 Å². The summed E-state index contributed by atoms with van der Waals surface area (Å²) < 4.78 is 0. The van der Waals surface area contributed by atoms with Crippen molar-refractivity contribution in [3.63, 3.8) is 0 Å². The molecule has 106 valence electrons. The van der Waals surface area contributed by atoms with Gasteiger partial charge in [-0.15, -0.1) is 11.3 Å². The van der Waals surface area contributed by atoms with E-state index in [0.29, 0.717) is 16.3 Å². The van der Waals surface area contributed by atoms with Gasteiger partial charge in [0.25, 0.3) is 5.91 Å². The molecule has 1 atom stereocenters. The molecule has 0 aliphatic heterocycles. The van der Waals surface area contributed by atoms with Crippen molar-refractivity contribution in [2.75, 3.05) is 5.73 Å². The van der Waals surface area contributed by atoms with E-state index in [-0.39, 0.29) is 11.9 Å². The number of thiazole rings is 1. The van der Waals surface area contributed by atoms with Crippen LogP contribution in [0.5, 0.6) is 0 Å². The van der Waals surface area contributed by atoms with Crippen molar-refractivity contribution < 1.29 is 4.79 Å². The number of rotatable bonds is 4. The summed E-state index contributed by atoms with van der Waals surface area (Å²) in [5, 5.41) is 4.25. The molecule has 20 heavy (non-hydrogen) atoms. The molecular formula is C14H16ClN3OS. The van der Waals surface area contributed by atoms with E-state index >= 15 is 0 Å². The van der Waals surface area contributed by atoms with Crippen LogP contribution in [-0.4, -0.2) is 10.9 Å². The van der Waals surface area contributed by atoms with Gasteiger partial charge >= 0.3 is 0 Å². The van der Waals surface area contributed by atoms with Crippen molar-refractivity contribution in [1.29, 1.82) is 0 Å². The molecule has 0 aliphatic carbocycles. The topological polar surface area (TPSA) is 68.0 Å². The normalized spacial score (nSPS) is 12.2. The number of halogens is 1. The van der Waals surface area contributed by atoms with Crippen LogP contribution in [0.1, 0.15) is 40.1 Å². The van der Waals surface area contributed by atoms with Gasteiger partial charge in [-0.2, -0.15) is 0 Å². The van der Waals surface area contributed by atoms with Crippen molar-refractivity contribution in [3.8, 4) is 0 Å². The monoisotopic (exact) mass is 309 g/mol. The average Bonchev–Trinajstić information content (AvgIpc) is 2.90. The van der Waals surface area contributed by atoms with E-state index in [1.165, 1.54) is 4.88 Å². The largest absolute Gasteiger partial charge is 0.398 e. The number of nitrogens with two attached hydrogens (primary N) is 1. The molecule has 1 heterocycles. The van der Waals surface area contributed by atoms with Crippen molar-refractivity contribution in [2.45, 2.75) is 26.3 Å². The third-order valence-corrected chi connectivity index (χ3v) is 4.56. The molecule has 0 saturated carbocycles. The van der Waals surface area contributed by atoms with Gasteiger partial charge < -0.3 is 11.1 Å². The van der Waals surface area contributed by atoms with Crippen LogP contribution in [-0.2, 0) is 6.42 Å². The van der Waals surface area contributed by atoms with Crippen LogP contribution < -0.4 is 11.1 Å². The van der Waals surface area contributed by atoms with Gasteiger partial charge in [0.1, 0.15) is 5.01 Å². The SMILES string of the molecule is CCc1cnc(C(C)NC(=O)c2ccc(Cl)c(N)c2)s1. The van der Waals surface area contributed by atoms with Gasteiger partial charge in [-0.25, -0.2) is 4.98 Å². The number of hydrogen-bond donors (Lipinski definition) is 2. The highest BCUT2D eigenvalue weighted by molar-refractivity contribution is 7.11. The highest BCUT2D eigenvalue weighted by Crippen LogP contribution is 2.22. The van der Waals surface area contributed by atoms with E-state index in [9.17, 15) is 4.79 Å². The van der Waals surface area contributed by atoms with Gasteiger partial charge in [0.05, 0.1) is 16.8 Å². The fraction of sp³-hybridized carbons (Fsp3) is 0.286. The molecule has 1 unspecified atom stereocenters. The number of carbonyl (C=O) groups is 1. The van der Waals surface area contributed by atoms with Crippen molar-refractivity contribution >= 4 is 34.5 Å². The number of nitrogen functional groups attached to an aromatic ring is 1. The van der Waals surface area contributed by atoms with E-state index in [4.69, 9.17) is 17.3 Å². The Morgan fingerprint density at radius 3 is 2.90 bits per heavy atom. The lowest BCUT2D eigenvalue weighted by atomic mass is 10.2. The van der Waals surface area contributed by atoms with Crippen LogP contribution in [0.15, 0.2) is 24.4 Å². The number of amides is 1. The number of anilines is 1. The predicted molar refractivity (Wildman–Crippen MR) is 83.2 cm³/mol. The lowest BCUT2D eigenvalue weighted by Crippen LogP contribution is -2.26. The zero-order chi connectivity index (χ0) is 14.7. The Morgan fingerprint density at radius 1 is 1.55 bits per heavy atom. The molecule has 4 nitrogen and oxygen atoms in total. The second kappa shape index (κ2) is 6.24. The van der Waals surface area contributed by atoms with Gasteiger partial charge in [-0.1, -0.05) is 18.5 Å². The zero-order valence-corrected chi connectivity index (χ0v) is 12.9. The molecule has 0 saturated heterocycles. The minimum atomic E-state index is -0.186. The first-order valence-electron chi connectivity index (χ1n) is 6.31. The third kappa shape index (κ3) is 3.29. The van der Waals surface area contributed by atoms with Gasteiger partial charge in [0.15, 0.2) is 0 Å². The maximum atomic E-state index is 12.1. The smallest absolute Gasteiger partial charge is 0.251 e. The summed E-state index contributed by atoms with van der Waals surface area (Å²) in [5.74, 6) is -0.186. The van der Waals surface area contributed by atoms with E-state index < -0.39 is 0 Å². The first kappa shape index (κ1) is 14.8. The van der Waals surface area contributed by atoms with Crippen LogP contribution in [0, 0.1) is 0 Å². The number of nitrogens with zero attached hydrogens (tertiary/aromatic N) is 1. The number of hydrogen-bond acceptors (Lipinski definition) is 4. The first-order valence-corrected chi connectivity index (χ1v) is 7.51. The summed E-state index contributed by atoms with van der Waals surface area (Å²) in [5.41, 5.74) is 6.59. The number of aromatic nitrogens is 1. The minimum Gasteiger partial charge on any atom is -0.398 e. The van der Waals surface area contributed by atoms with Crippen molar-refractivity contribution in [1.82, 2.24) is 10.3 Å². The van der Waals surface area contributed by atoms with Crippen LogP contribution in [0.3, 0.4) is 0 Å². The second-order valence-corrected chi connectivity index (χ2v) is 6.00. The molecule has 1 aromatic carbocycles. The molecule has 2 rings (SSSR count). The van der Waals surface area contributed by atoms with E-state index in [1.54, 1.807) is 29.5 Å². The molecule has 1 aromatic heterocycles. The number of benzene rings is 1. The molecule has 2 aromatic rings.